The predicted molar refractivity (Wildman–Crippen MR) is 155 cm³/mol. The van der Waals surface area contributed by atoms with E-state index in [1.54, 1.807) is 34.5 Å². The zero-order valence-corrected chi connectivity index (χ0v) is 23.5. The number of rotatable bonds is 9. The summed E-state index contributed by atoms with van der Waals surface area (Å²) in [6.07, 6.45) is -0.110. The third kappa shape index (κ3) is 7.40. The van der Waals surface area contributed by atoms with Crippen LogP contribution in [-0.4, -0.2) is 72.1 Å². The molecular weight excluding hydrogens is 566 g/mol. The van der Waals surface area contributed by atoms with E-state index in [4.69, 9.17) is 4.74 Å². The Hall–Kier alpha value is -4.98. The zero-order chi connectivity index (χ0) is 30.2. The van der Waals surface area contributed by atoms with Crippen molar-refractivity contribution in [1.82, 2.24) is 10.2 Å². The van der Waals surface area contributed by atoms with Crippen molar-refractivity contribution in [2.45, 2.75) is 18.9 Å². The first-order valence-electron chi connectivity index (χ1n) is 13.0. The molecule has 14 heteroatoms. The van der Waals surface area contributed by atoms with Crippen molar-refractivity contribution < 1.29 is 33.9 Å². The van der Waals surface area contributed by atoms with Gasteiger partial charge in [-0.1, -0.05) is 6.07 Å². The topological polar surface area (TPSA) is 171 Å². The Kier molecular flexibility index (Phi) is 9.70. The van der Waals surface area contributed by atoms with Crippen LogP contribution in [-0.2, 0) is 9.53 Å². The summed E-state index contributed by atoms with van der Waals surface area (Å²) in [6.45, 7) is 1.85. The number of aliphatic carboxylic acids is 1. The fourth-order valence-corrected chi connectivity index (χ4v) is 5.36. The number of carboxylic acids is 1. The monoisotopic (exact) mass is 595 g/mol. The van der Waals surface area contributed by atoms with Crippen molar-refractivity contribution in [3.63, 3.8) is 0 Å². The summed E-state index contributed by atoms with van der Waals surface area (Å²) >= 11 is 1.33. The number of nitro benzene ring substituents is 1. The second-order valence-electron chi connectivity index (χ2n) is 9.43. The van der Waals surface area contributed by atoms with E-state index in [1.165, 1.54) is 48.8 Å². The molecule has 3 N–H and O–H groups in total. The Morgan fingerprint density at radius 1 is 1.02 bits per heavy atom. The molecule has 0 spiro atoms. The summed E-state index contributed by atoms with van der Waals surface area (Å²) < 4.78 is 4.85. The number of nitro groups is 1. The number of nitrogens with zero attached hydrogens (tertiary/aromatic N) is 3. The minimum Gasteiger partial charge on any atom is -0.481 e. The minimum atomic E-state index is -1.07. The quantitative estimate of drug-likeness (QED) is 0.243. The van der Waals surface area contributed by atoms with Gasteiger partial charge in [0.25, 0.3) is 17.5 Å². The Labute approximate surface area is 244 Å². The number of amides is 3. The summed E-state index contributed by atoms with van der Waals surface area (Å²) in [5.41, 5.74) is 1.12. The first-order valence-corrected chi connectivity index (χ1v) is 13.9. The highest BCUT2D eigenvalue weighted by atomic mass is 32.1. The van der Waals surface area contributed by atoms with Crippen LogP contribution in [0.1, 0.15) is 44.5 Å². The van der Waals surface area contributed by atoms with Crippen LogP contribution in [0.2, 0.25) is 0 Å². The molecule has 3 aromatic rings. The minimum absolute atomic E-state index is 0.160. The maximum Gasteiger partial charge on any atom is 0.409 e. The van der Waals surface area contributed by atoms with Crippen molar-refractivity contribution in [3.05, 3.63) is 86.1 Å². The molecule has 0 saturated carbocycles. The number of carbonyl (C=O) groups is 4. The number of benzene rings is 2. The molecular formula is C28H29N5O8S. The van der Waals surface area contributed by atoms with Crippen molar-refractivity contribution >= 4 is 52.3 Å². The van der Waals surface area contributed by atoms with Crippen LogP contribution in [0.4, 0.5) is 21.9 Å². The second-order valence-corrected chi connectivity index (χ2v) is 10.4. The summed E-state index contributed by atoms with van der Waals surface area (Å²) in [5.74, 6) is -2.14. The van der Waals surface area contributed by atoms with Gasteiger partial charge in [0.05, 0.1) is 35.9 Å². The summed E-state index contributed by atoms with van der Waals surface area (Å²) in [5, 5.41) is 27.8. The number of carboxylic acid groups (broad SMARTS) is 1. The summed E-state index contributed by atoms with van der Waals surface area (Å²) in [7, 11) is 1.32. The van der Waals surface area contributed by atoms with Gasteiger partial charge in [0.15, 0.2) is 0 Å². The molecule has 42 heavy (non-hydrogen) atoms. The largest absolute Gasteiger partial charge is 0.481 e. The van der Waals surface area contributed by atoms with E-state index in [0.717, 1.165) is 0 Å². The van der Waals surface area contributed by atoms with Crippen molar-refractivity contribution in [2.24, 2.45) is 0 Å². The van der Waals surface area contributed by atoms with Crippen LogP contribution in [0.3, 0.4) is 0 Å². The maximum absolute atomic E-state index is 13.3. The lowest BCUT2D eigenvalue weighted by atomic mass is 10.1. The van der Waals surface area contributed by atoms with Crippen molar-refractivity contribution in [3.8, 4) is 0 Å². The van der Waals surface area contributed by atoms with E-state index in [2.05, 4.69) is 10.6 Å². The molecule has 1 aliphatic heterocycles. The van der Waals surface area contributed by atoms with E-state index in [0.29, 0.717) is 48.9 Å². The molecule has 3 amide bonds. The molecule has 1 unspecified atom stereocenters. The molecule has 0 aliphatic carbocycles. The second kappa shape index (κ2) is 13.6. The zero-order valence-electron chi connectivity index (χ0n) is 22.6. The molecule has 4 rings (SSSR count). The normalized spacial score (nSPS) is 13.9. The van der Waals surface area contributed by atoms with Crippen molar-refractivity contribution in [2.75, 3.05) is 43.5 Å². The van der Waals surface area contributed by atoms with Crippen LogP contribution in [0.5, 0.6) is 0 Å². The SMILES string of the molecule is COC(=O)N1CCCN(c2ccc(C(=O)NC(CC(=O)O)c3cccs3)cc2NC(=O)c2ccc([N+](=O)[O-])cc2)CC1. The fourth-order valence-electron chi connectivity index (χ4n) is 4.58. The standard InChI is InChI=1S/C28H29N5O8S/c1-41-28(38)32-12-3-11-31(13-14-32)23-10-7-19(27(37)30-22(17-25(34)35)24-4-2-15-42-24)16-21(23)29-26(36)18-5-8-20(9-6-18)33(39)40/h2,4-10,15-16,22H,3,11-14,17H2,1H3,(H,29,36)(H,30,37)(H,34,35). The summed E-state index contributed by atoms with van der Waals surface area (Å²) in [4.78, 5) is 64.7. The number of nitrogens with one attached hydrogen (secondary N) is 2. The molecule has 1 fully saturated rings. The number of hydrogen-bond donors (Lipinski definition) is 3. The Bertz CT molecular complexity index is 1460. The van der Waals surface area contributed by atoms with Gasteiger partial charge in [-0.3, -0.25) is 24.5 Å². The molecule has 2 aromatic carbocycles. The van der Waals surface area contributed by atoms with Crippen LogP contribution < -0.4 is 15.5 Å². The van der Waals surface area contributed by atoms with Gasteiger partial charge >= 0.3 is 12.1 Å². The highest BCUT2D eigenvalue weighted by molar-refractivity contribution is 7.10. The van der Waals surface area contributed by atoms with Gasteiger partial charge in [-0.05, 0) is 48.2 Å². The Morgan fingerprint density at radius 2 is 1.76 bits per heavy atom. The van der Waals surface area contributed by atoms with Gasteiger partial charge in [0.2, 0.25) is 0 Å². The molecule has 1 saturated heterocycles. The molecule has 0 bridgehead atoms. The van der Waals surface area contributed by atoms with E-state index < -0.39 is 34.8 Å². The first kappa shape index (κ1) is 30.0. The number of thiophene rings is 1. The van der Waals surface area contributed by atoms with Gasteiger partial charge in [-0.2, -0.15) is 0 Å². The Balaban J connectivity index is 1.63. The van der Waals surface area contributed by atoms with Crippen LogP contribution in [0.15, 0.2) is 60.0 Å². The van der Waals surface area contributed by atoms with Crippen molar-refractivity contribution in [1.29, 1.82) is 0 Å². The van der Waals surface area contributed by atoms with Crippen LogP contribution in [0.25, 0.3) is 0 Å². The average Bonchev–Trinajstić information content (AvgIpc) is 3.41. The lowest BCUT2D eigenvalue weighted by Gasteiger charge is -2.26. The molecule has 2 heterocycles. The number of carbonyl (C=O) groups excluding carboxylic acids is 3. The summed E-state index contributed by atoms with van der Waals surface area (Å²) in [6, 6.07) is 12.7. The number of methoxy groups -OCH3 is 1. The smallest absolute Gasteiger partial charge is 0.409 e. The van der Waals surface area contributed by atoms with Gasteiger partial charge in [0.1, 0.15) is 0 Å². The lowest BCUT2D eigenvalue weighted by molar-refractivity contribution is -0.384. The van der Waals surface area contributed by atoms with Crippen LogP contribution >= 0.6 is 11.3 Å². The molecule has 1 aromatic heterocycles. The molecule has 220 valence electrons. The lowest BCUT2D eigenvalue weighted by Crippen LogP contribution is -2.35. The molecule has 1 aliphatic rings. The van der Waals surface area contributed by atoms with Gasteiger partial charge in [-0.15, -0.1) is 11.3 Å². The maximum atomic E-state index is 13.3. The molecule has 0 radical (unpaired) electrons. The average molecular weight is 596 g/mol. The third-order valence-corrected chi connectivity index (χ3v) is 7.67. The first-order chi connectivity index (χ1) is 20.2. The van der Waals surface area contributed by atoms with E-state index >= 15 is 0 Å². The van der Waals surface area contributed by atoms with Gasteiger partial charge < -0.3 is 30.3 Å². The van der Waals surface area contributed by atoms with Gasteiger partial charge in [0, 0.05) is 54.3 Å². The molecule has 1 atom stereocenters. The van der Waals surface area contributed by atoms with E-state index in [9.17, 15) is 34.4 Å². The Morgan fingerprint density at radius 3 is 2.40 bits per heavy atom. The van der Waals surface area contributed by atoms with Crippen LogP contribution in [0, 0.1) is 10.1 Å². The number of hydrogen-bond acceptors (Lipinski definition) is 9. The predicted octanol–water partition coefficient (Wildman–Crippen LogP) is 4.13. The highest BCUT2D eigenvalue weighted by Gasteiger charge is 2.24. The van der Waals surface area contributed by atoms with E-state index in [-0.39, 0.29) is 23.2 Å². The number of anilines is 2. The van der Waals surface area contributed by atoms with E-state index in [1.807, 2.05) is 4.90 Å². The molecule has 13 nitrogen and oxygen atoms in total. The third-order valence-electron chi connectivity index (χ3n) is 6.69. The highest BCUT2D eigenvalue weighted by Crippen LogP contribution is 2.30. The number of non-ortho nitro benzene ring substituents is 1. The number of ether oxygens (including phenoxy) is 1. The fraction of sp³-hybridized carbons (Fsp3) is 0.286. The van der Waals surface area contributed by atoms with Gasteiger partial charge in [-0.25, -0.2) is 4.79 Å².